The summed E-state index contributed by atoms with van der Waals surface area (Å²) in [5.41, 5.74) is 0.779. The second-order valence-corrected chi connectivity index (χ2v) is 7.39. The quantitative estimate of drug-likeness (QED) is 0.926. The van der Waals surface area contributed by atoms with E-state index < -0.39 is 5.60 Å². The Hall–Kier alpha value is -1.55. The molecule has 1 aromatic carbocycles. The number of nitrogens with one attached hydrogen (secondary N) is 1. The summed E-state index contributed by atoms with van der Waals surface area (Å²) in [6, 6.07) is 10.5. The van der Waals surface area contributed by atoms with Crippen LogP contribution in [0.15, 0.2) is 30.3 Å². The number of hydrogen-bond donors (Lipinski definition) is 1. The zero-order valence-electron chi connectivity index (χ0n) is 13.5. The summed E-state index contributed by atoms with van der Waals surface area (Å²) in [6.07, 6.45) is 2.11. The van der Waals surface area contributed by atoms with Crippen molar-refractivity contribution in [3.8, 4) is 0 Å². The number of rotatable bonds is 4. The van der Waals surface area contributed by atoms with E-state index in [0.717, 1.165) is 12.8 Å². The third-order valence-electron chi connectivity index (χ3n) is 4.41. The second-order valence-electron chi connectivity index (χ2n) is 7.39. The van der Waals surface area contributed by atoms with Crippen molar-refractivity contribution in [3.05, 3.63) is 35.9 Å². The molecule has 2 atom stereocenters. The molecule has 0 radical (unpaired) electrons. The summed E-state index contributed by atoms with van der Waals surface area (Å²) in [7, 11) is 0. The summed E-state index contributed by atoms with van der Waals surface area (Å²) in [5.74, 6) is 1.13. The monoisotopic (exact) mass is 303 g/mol. The van der Waals surface area contributed by atoms with Gasteiger partial charge in [0, 0.05) is 6.04 Å². The Morgan fingerprint density at radius 3 is 2.41 bits per heavy atom. The van der Waals surface area contributed by atoms with Gasteiger partial charge < -0.3 is 14.8 Å². The molecular formula is C18H25NO3. The molecule has 1 N–H and O–H groups in total. The molecule has 22 heavy (non-hydrogen) atoms. The maximum Gasteiger partial charge on any atom is 0.407 e. The van der Waals surface area contributed by atoms with E-state index in [4.69, 9.17) is 9.47 Å². The van der Waals surface area contributed by atoms with Gasteiger partial charge in [0.25, 0.3) is 0 Å². The Bertz CT molecular complexity index is 511. The SMILES string of the molecule is CC(C)(C)OC(=O)NC1C2CC(OCc3ccccc3)CC21. The van der Waals surface area contributed by atoms with Gasteiger partial charge in [-0.25, -0.2) is 4.79 Å². The first-order valence-corrected chi connectivity index (χ1v) is 8.07. The number of hydrogen-bond acceptors (Lipinski definition) is 3. The molecule has 2 aliphatic rings. The summed E-state index contributed by atoms with van der Waals surface area (Å²) in [6.45, 7) is 6.32. The van der Waals surface area contributed by atoms with Gasteiger partial charge in [0.1, 0.15) is 5.60 Å². The van der Waals surface area contributed by atoms with Crippen molar-refractivity contribution in [2.45, 2.75) is 58.0 Å². The van der Waals surface area contributed by atoms with Gasteiger partial charge in [0.05, 0.1) is 12.7 Å². The third kappa shape index (κ3) is 3.80. The lowest BCUT2D eigenvalue weighted by Crippen LogP contribution is -2.36. The first-order valence-electron chi connectivity index (χ1n) is 8.07. The van der Waals surface area contributed by atoms with Crippen LogP contribution in [0, 0.1) is 11.8 Å². The fourth-order valence-electron chi connectivity index (χ4n) is 3.37. The number of alkyl carbamates (subject to hydrolysis) is 1. The lowest BCUT2D eigenvalue weighted by atomic mass is 10.1. The van der Waals surface area contributed by atoms with Crippen LogP contribution in [0.3, 0.4) is 0 Å². The highest BCUT2D eigenvalue weighted by atomic mass is 16.6. The molecule has 0 aliphatic heterocycles. The summed E-state index contributed by atoms with van der Waals surface area (Å²) in [5, 5.41) is 2.99. The second kappa shape index (κ2) is 5.92. The predicted octanol–water partition coefficient (Wildman–Crippen LogP) is 3.50. The van der Waals surface area contributed by atoms with Gasteiger partial charge in [-0.2, -0.15) is 0 Å². The number of fused-ring (bicyclic) bond motifs is 1. The molecule has 1 aromatic rings. The Balaban J connectivity index is 1.38. The molecule has 4 nitrogen and oxygen atoms in total. The summed E-state index contributed by atoms with van der Waals surface area (Å²) in [4.78, 5) is 11.8. The molecule has 2 aliphatic carbocycles. The minimum atomic E-state index is -0.435. The van der Waals surface area contributed by atoms with E-state index >= 15 is 0 Å². The minimum absolute atomic E-state index is 0.284. The van der Waals surface area contributed by atoms with E-state index in [1.165, 1.54) is 5.56 Å². The first kappa shape index (κ1) is 15.3. The highest BCUT2D eigenvalue weighted by Crippen LogP contribution is 2.53. The number of carbonyl (C=O) groups excluding carboxylic acids is 1. The first-order chi connectivity index (χ1) is 10.4. The molecule has 2 unspecified atom stereocenters. The van der Waals surface area contributed by atoms with Crippen LogP contribution >= 0.6 is 0 Å². The van der Waals surface area contributed by atoms with Crippen LogP contribution in [-0.2, 0) is 16.1 Å². The molecule has 2 fully saturated rings. The number of ether oxygens (including phenoxy) is 2. The van der Waals surface area contributed by atoms with Crippen LogP contribution in [0.25, 0.3) is 0 Å². The molecule has 0 aromatic heterocycles. The van der Waals surface area contributed by atoms with Crippen LogP contribution < -0.4 is 5.32 Å². The van der Waals surface area contributed by atoms with E-state index in [0.29, 0.717) is 24.5 Å². The van der Waals surface area contributed by atoms with Crippen molar-refractivity contribution in [2.75, 3.05) is 0 Å². The number of carbonyl (C=O) groups is 1. The molecule has 0 bridgehead atoms. The Morgan fingerprint density at radius 1 is 1.18 bits per heavy atom. The van der Waals surface area contributed by atoms with Gasteiger partial charge >= 0.3 is 6.09 Å². The average Bonchev–Trinajstić information content (AvgIpc) is 2.89. The van der Waals surface area contributed by atoms with Crippen LogP contribution in [0.4, 0.5) is 4.79 Å². The van der Waals surface area contributed by atoms with Gasteiger partial charge in [0.2, 0.25) is 0 Å². The smallest absolute Gasteiger partial charge is 0.407 e. The van der Waals surface area contributed by atoms with Crippen molar-refractivity contribution < 1.29 is 14.3 Å². The third-order valence-corrected chi connectivity index (χ3v) is 4.41. The van der Waals surface area contributed by atoms with Gasteiger partial charge in [-0.3, -0.25) is 0 Å². The van der Waals surface area contributed by atoms with Gasteiger partial charge in [-0.1, -0.05) is 30.3 Å². The lowest BCUT2D eigenvalue weighted by Gasteiger charge is -2.21. The topological polar surface area (TPSA) is 47.6 Å². The molecule has 4 heteroatoms. The van der Waals surface area contributed by atoms with Crippen molar-refractivity contribution in [1.29, 1.82) is 0 Å². The zero-order valence-corrected chi connectivity index (χ0v) is 13.5. The van der Waals surface area contributed by atoms with Crippen molar-refractivity contribution in [3.63, 3.8) is 0 Å². The van der Waals surface area contributed by atoms with E-state index in [1.807, 2.05) is 39.0 Å². The van der Waals surface area contributed by atoms with E-state index in [2.05, 4.69) is 17.4 Å². The maximum absolute atomic E-state index is 11.8. The van der Waals surface area contributed by atoms with Gasteiger partial charge in [-0.15, -0.1) is 0 Å². The maximum atomic E-state index is 11.8. The average molecular weight is 303 g/mol. The Morgan fingerprint density at radius 2 is 1.82 bits per heavy atom. The zero-order chi connectivity index (χ0) is 15.7. The van der Waals surface area contributed by atoms with Crippen molar-refractivity contribution >= 4 is 6.09 Å². The Kier molecular flexibility index (Phi) is 4.13. The van der Waals surface area contributed by atoms with Crippen LogP contribution in [0.5, 0.6) is 0 Å². The summed E-state index contributed by atoms with van der Waals surface area (Å²) >= 11 is 0. The van der Waals surface area contributed by atoms with Crippen molar-refractivity contribution in [2.24, 2.45) is 11.8 Å². The van der Waals surface area contributed by atoms with E-state index in [9.17, 15) is 4.79 Å². The van der Waals surface area contributed by atoms with E-state index in [-0.39, 0.29) is 12.1 Å². The van der Waals surface area contributed by atoms with Crippen LogP contribution in [0.1, 0.15) is 39.2 Å². The fourth-order valence-corrected chi connectivity index (χ4v) is 3.37. The van der Waals surface area contributed by atoms with Crippen LogP contribution in [0.2, 0.25) is 0 Å². The largest absolute Gasteiger partial charge is 0.444 e. The highest BCUT2D eigenvalue weighted by molar-refractivity contribution is 5.68. The predicted molar refractivity (Wildman–Crippen MR) is 84.4 cm³/mol. The van der Waals surface area contributed by atoms with Crippen molar-refractivity contribution in [1.82, 2.24) is 5.32 Å². The molecule has 1 amide bonds. The standard InChI is InChI=1S/C18H25NO3/c1-18(2,3)22-17(20)19-16-14-9-13(10-15(14)16)21-11-12-7-5-4-6-8-12/h4-8,13-16H,9-11H2,1-3H3,(H,19,20). The normalized spacial score (nSPS) is 29.8. The van der Waals surface area contributed by atoms with Crippen LogP contribution in [-0.4, -0.2) is 23.8 Å². The minimum Gasteiger partial charge on any atom is -0.444 e. The van der Waals surface area contributed by atoms with E-state index in [1.54, 1.807) is 0 Å². The van der Waals surface area contributed by atoms with Gasteiger partial charge in [0.15, 0.2) is 0 Å². The fraction of sp³-hybridized carbons (Fsp3) is 0.611. The number of amides is 1. The molecule has 0 spiro atoms. The highest BCUT2D eigenvalue weighted by Gasteiger charge is 2.57. The Labute approximate surface area is 132 Å². The summed E-state index contributed by atoms with van der Waals surface area (Å²) < 4.78 is 11.3. The lowest BCUT2D eigenvalue weighted by molar-refractivity contribution is 0.0326. The molecule has 0 heterocycles. The molecule has 120 valence electrons. The molecule has 3 rings (SSSR count). The molecular weight excluding hydrogens is 278 g/mol. The molecule has 0 saturated heterocycles. The number of benzene rings is 1. The molecule has 2 saturated carbocycles. The van der Waals surface area contributed by atoms with Gasteiger partial charge in [-0.05, 0) is 51.0 Å².